The first-order valence-electron chi connectivity index (χ1n) is 5.49. The highest BCUT2D eigenvalue weighted by molar-refractivity contribution is 9.13. The fourth-order valence-corrected chi connectivity index (χ4v) is 2.54. The molecule has 0 unspecified atom stereocenters. The number of ketones is 1. The predicted molar refractivity (Wildman–Crippen MR) is 72.4 cm³/mol. The smallest absolute Gasteiger partial charge is 0.196 e. The third-order valence-corrected chi connectivity index (χ3v) is 4.56. The third-order valence-electron chi connectivity index (χ3n) is 2.85. The number of hydrogen-bond donors (Lipinski definition) is 0. The molecule has 0 saturated heterocycles. The topological polar surface area (TPSA) is 56.0 Å². The van der Waals surface area contributed by atoms with Crippen LogP contribution in [0.2, 0.25) is 0 Å². The fourth-order valence-electron chi connectivity index (χ4n) is 1.97. The first kappa shape index (κ1) is 12.0. The molecule has 2 aromatic rings. The van der Waals surface area contributed by atoms with Crippen LogP contribution in [0.25, 0.3) is 11.6 Å². The number of hydrogen-bond acceptors (Lipinski definition) is 4. The standard InChI is InChI=1S/C12H8Br2N2O2/c13-7-4-10(18-11(7)14)12-15-5-6-8(16-12)2-1-3-9(6)17/h4-5H,1-3H2. The molecule has 0 amide bonds. The quantitative estimate of drug-likeness (QED) is 0.765. The van der Waals surface area contributed by atoms with E-state index in [1.165, 1.54) is 0 Å². The number of fused-ring (bicyclic) bond motifs is 1. The van der Waals surface area contributed by atoms with Gasteiger partial charge in [0.25, 0.3) is 0 Å². The van der Waals surface area contributed by atoms with Crippen LogP contribution in [0, 0.1) is 0 Å². The lowest BCUT2D eigenvalue weighted by Gasteiger charge is -2.12. The minimum atomic E-state index is 0.129. The van der Waals surface area contributed by atoms with Gasteiger partial charge in [-0.3, -0.25) is 4.79 Å². The van der Waals surface area contributed by atoms with Gasteiger partial charge in [0.15, 0.2) is 22.0 Å². The molecule has 0 aromatic carbocycles. The molecule has 2 aromatic heterocycles. The second-order valence-corrected chi connectivity index (χ2v) is 5.64. The molecule has 0 spiro atoms. The van der Waals surface area contributed by atoms with Crippen LogP contribution < -0.4 is 0 Å². The summed E-state index contributed by atoms with van der Waals surface area (Å²) in [6, 6.07) is 1.80. The van der Waals surface area contributed by atoms with Crippen LogP contribution >= 0.6 is 31.9 Å². The van der Waals surface area contributed by atoms with E-state index in [2.05, 4.69) is 41.8 Å². The van der Waals surface area contributed by atoms with Gasteiger partial charge in [0.2, 0.25) is 0 Å². The van der Waals surface area contributed by atoms with Crippen molar-refractivity contribution in [3.63, 3.8) is 0 Å². The third kappa shape index (κ3) is 2.03. The summed E-state index contributed by atoms with van der Waals surface area (Å²) in [5.41, 5.74) is 1.47. The van der Waals surface area contributed by atoms with Crippen LogP contribution in [0.4, 0.5) is 0 Å². The van der Waals surface area contributed by atoms with Gasteiger partial charge in [-0.15, -0.1) is 0 Å². The molecule has 1 aliphatic carbocycles. The van der Waals surface area contributed by atoms with Crippen molar-refractivity contribution in [2.24, 2.45) is 0 Å². The summed E-state index contributed by atoms with van der Waals surface area (Å²) < 4.78 is 6.90. The van der Waals surface area contributed by atoms with E-state index in [0.717, 1.165) is 23.0 Å². The maximum atomic E-state index is 11.7. The first-order chi connectivity index (χ1) is 8.65. The number of rotatable bonds is 1. The number of furan rings is 1. The Labute approximate surface area is 120 Å². The molecule has 0 bridgehead atoms. The van der Waals surface area contributed by atoms with E-state index in [-0.39, 0.29) is 5.78 Å². The second kappa shape index (κ2) is 4.59. The number of nitrogens with zero attached hydrogens (tertiary/aromatic N) is 2. The Morgan fingerprint density at radius 2 is 2.11 bits per heavy atom. The van der Waals surface area contributed by atoms with Crippen LogP contribution in [-0.2, 0) is 6.42 Å². The predicted octanol–water partition coefficient (Wildman–Crippen LogP) is 3.78. The summed E-state index contributed by atoms with van der Waals surface area (Å²) in [5.74, 6) is 1.22. The van der Waals surface area contributed by atoms with Gasteiger partial charge in [-0.25, -0.2) is 9.97 Å². The van der Waals surface area contributed by atoms with E-state index in [1.807, 2.05) is 0 Å². The van der Waals surface area contributed by atoms with Crippen LogP contribution in [0.1, 0.15) is 28.9 Å². The van der Waals surface area contributed by atoms with Crippen LogP contribution in [0.3, 0.4) is 0 Å². The molecule has 0 saturated carbocycles. The van der Waals surface area contributed by atoms with Crippen molar-refractivity contribution in [3.05, 3.63) is 32.7 Å². The van der Waals surface area contributed by atoms with Crippen LogP contribution in [-0.4, -0.2) is 15.8 Å². The second-order valence-electron chi connectivity index (χ2n) is 4.06. The maximum Gasteiger partial charge on any atom is 0.196 e. The molecular weight excluding hydrogens is 364 g/mol. The zero-order chi connectivity index (χ0) is 12.7. The molecule has 92 valence electrons. The zero-order valence-electron chi connectivity index (χ0n) is 9.24. The SMILES string of the molecule is O=C1CCCc2nc(-c3cc(Br)c(Br)o3)ncc21. The highest BCUT2D eigenvalue weighted by Gasteiger charge is 2.20. The summed E-state index contributed by atoms with van der Waals surface area (Å²) >= 11 is 6.62. The minimum absolute atomic E-state index is 0.129. The molecular formula is C12H8Br2N2O2. The van der Waals surface area contributed by atoms with Gasteiger partial charge in [-0.2, -0.15) is 0 Å². The van der Waals surface area contributed by atoms with E-state index in [0.29, 0.717) is 28.2 Å². The fraction of sp³-hybridized carbons (Fsp3) is 0.250. The van der Waals surface area contributed by atoms with E-state index >= 15 is 0 Å². The summed E-state index contributed by atoms with van der Waals surface area (Å²) in [7, 11) is 0. The number of Topliss-reactive ketones (excluding diaryl/α,β-unsaturated/α-hetero) is 1. The summed E-state index contributed by atoms with van der Waals surface area (Å²) in [5, 5.41) is 0. The normalized spacial score (nSPS) is 14.7. The van der Waals surface area contributed by atoms with Crippen molar-refractivity contribution in [1.82, 2.24) is 9.97 Å². The molecule has 0 fully saturated rings. The first-order valence-corrected chi connectivity index (χ1v) is 7.08. The lowest BCUT2D eigenvalue weighted by Crippen LogP contribution is -2.13. The van der Waals surface area contributed by atoms with Crippen molar-refractivity contribution in [1.29, 1.82) is 0 Å². The Kier molecular flexibility index (Phi) is 3.07. The van der Waals surface area contributed by atoms with Gasteiger partial charge in [-0.05, 0) is 44.7 Å². The van der Waals surface area contributed by atoms with E-state index in [9.17, 15) is 4.79 Å². The lowest BCUT2D eigenvalue weighted by atomic mass is 9.96. The zero-order valence-corrected chi connectivity index (χ0v) is 12.4. The minimum Gasteiger partial charge on any atom is -0.445 e. The van der Waals surface area contributed by atoms with Crippen LogP contribution in [0.5, 0.6) is 0 Å². The van der Waals surface area contributed by atoms with Crippen molar-refractivity contribution < 1.29 is 9.21 Å². The molecule has 6 heteroatoms. The average molecular weight is 372 g/mol. The monoisotopic (exact) mass is 370 g/mol. The molecule has 2 heterocycles. The van der Waals surface area contributed by atoms with Gasteiger partial charge in [-0.1, -0.05) is 0 Å². The molecule has 18 heavy (non-hydrogen) atoms. The molecule has 0 aliphatic heterocycles. The number of aryl methyl sites for hydroxylation is 1. The van der Waals surface area contributed by atoms with Gasteiger partial charge in [0.1, 0.15) is 0 Å². The number of halogens is 2. The molecule has 4 nitrogen and oxygen atoms in total. The summed E-state index contributed by atoms with van der Waals surface area (Å²) in [4.78, 5) is 20.3. The Balaban J connectivity index is 2.07. The highest BCUT2D eigenvalue weighted by Crippen LogP contribution is 2.32. The summed E-state index contributed by atoms with van der Waals surface area (Å²) in [6.07, 6.45) is 3.87. The van der Waals surface area contributed by atoms with E-state index in [1.54, 1.807) is 12.3 Å². The van der Waals surface area contributed by atoms with Gasteiger partial charge in [0, 0.05) is 18.7 Å². The molecule has 0 atom stereocenters. The Morgan fingerprint density at radius 1 is 1.28 bits per heavy atom. The average Bonchev–Trinajstić information content (AvgIpc) is 2.70. The largest absolute Gasteiger partial charge is 0.445 e. The molecule has 1 aliphatic rings. The number of aromatic nitrogens is 2. The molecule has 0 N–H and O–H groups in total. The van der Waals surface area contributed by atoms with Crippen molar-refractivity contribution in [2.75, 3.05) is 0 Å². The van der Waals surface area contributed by atoms with Crippen molar-refractivity contribution in [3.8, 4) is 11.6 Å². The molecule has 3 rings (SSSR count). The van der Waals surface area contributed by atoms with Crippen molar-refractivity contribution in [2.45, 2.75) is 19.3 Å². The Bertz CT molecular complexity index is 618. The van der Waals surface area contributed by atoms with Gasteiger partial charge >= 0.3 is 0 Å². The van der Waals surface area contributed by atoms with E-state index in [4.69, 9.17) is 4.42 Å². The van der Waals surface area contributed by atoms with Crippen LogP contribution in [0.15, 0.2) is 25.8 Å². The van der Waals surface area contributed by atoms with Crippen molar-refractivity contribution >= 4 is 37.6 Å². The van der Waals surface area contributed by atoms with E-state index < -0.39 is 0 Å². The Hall–Kier alpha value is -1.01. The van der Waals surface area contributed by atoms with Gasteiger partial charge < -0.3 is 4.42 Å². The maximum absolute atomic E-state index is 11.7. The number of carbonyl (C=O) groups excluding carboxylic acids is 1. The highest BCUT2D eigenvalue weighted by atomic mass is 79.9. The number of carbonyl (C=O) groups is 1. The Morgan fingerprint density at radius 3 is 2.83 bits per heavy atom. The molecule has 0 radical (unpaired) electrons. The lowest BCUT2D eigenvalue weighted by molar-refractivity contribution is 0.0971. The van der Waals surface area contributed by atoms with Gasteiger partial charge in [0.05, 0.1) is 15.7 Å². The summed E-state index contributed by atoms with van der Waals surface area (Å²) in [6.45, 7) is 0.